The van der Waals surface area contributed by atoms with Gasteiger partial charge in [0.25, 0.3) is 0 Å². The van der Waals surface area contributed by atoms with Gasteiger partial charge >= 0.3 is 0 Å². The molecule has 0 aromatic heterocycles. The van der Waals surface area contributed by atoms with Gasteiger partial charge in [-0.05, 0) is 63.8 Å². The molecule has 1 aliphatic carbocycles. The second kappa shape index (κ2) is 6.12. The highest BCUT2D eigenvalue weighted by Gasteiger charge is 2.21. The molecule has 1 N–H and O–H groups in total. The van der Waals surface area contributed by atoms with Gasteiger partial charge in [0.1, 0.15) is 5.75 Å². The van der Waals surface area contributed by atoms with Crippen LogP contribution in [-0.4, -0.2) is 12.1 Å². The van der Waals surface area contributed by atoms with Crippen LogP contribution < -0.4 is 10.1 Å². The van der Waals surface area contributed by atoms with Crippen molar-refractivity contribution < 1.29 is 4.74 Å². The predicted octanol–water partition coefficient (Wildman–Crippen LogP) is 4.46. The molecule has 18 heavy (non-hydrogen) atoms. The Morgan fingerprint density at radius 1 is 1.06 bits per heavy atom. The third kappa shape index (κ3) is 3.66. The van der Waals surface area contributed by atoms with Gasteiger partial charge in [0.15, 0.2) is 0 Å². The Kier molecular flexibility index (Phi) is 4.51. The molecule has 1 aliphatic rings. The Labute approximate surface area is 111 Å². The summed E-state index contributed by atoms with van der Waals surface area (Å²) in [4.78, 5) is 0. The van der Waals surface area contributed by atoms with Gasteiger partial charge in [-0.2, -0.15) is 0 Å². The van der Waals surface area contributed by atoms with E-state index in [1.165, 1.54) is 31.4 Å². The largest absolute Gasteiger partial charge is 0.491 e. The first-order valence-electron chi connectivity index (χ1n) is 7.18. The van der Waals surface area contributed by atoms with Crippen LogP contribution in [0.2, 0.25) is 0 Å². The molecule has 0 bridgehead atoms. The Morgan fingerprint density at radius 3 is 2.22 bits per heavy atom. The molecule has 0 saturated heterocycles. The zero-order valence-electron chi connectivity index (χ0n) is 11.8. The van der Waals surface area contributed by atoms with Gasteiger partial charge in [-0.25, -0.2) is 0 Å². The molecule has 2 rings (SSSR count). The van der Waals surface area contributed by atoms with Crippen LogP contribution in [0.5, 0.6) is 5.75 Å². The van der Waals surface area contributed by atoms with E-state index in [1.54, 1.807) is 0 Å². The maximum Gasteiger partial charge on any atom is 0.119 e. The van der Waals surface area contributed by atoms with E-state index >= 15 is 0 Å². The van der Waals surface area contributed by atoms with Crippen LogP contribution >= 0.6 is 0 Å². The Balaban J connectivity index is 1.89. The molecule has 1 atom stereocenters. The van der Waals surface area contributed by atoms with Gasteiger partial charge in [-0.15, -0.1) is 0 Å². The molecular formula is C16H25NO. The van der Waals surface area contributed by atoms with Crippen molar-refractivity contribution in [3.05, 3.63) is 24.3 Å². The monoisotopic (exact) mass is 247 g/mol. The number of hydrogen-bond acceptors (Lipinski definition) is 2. The lowest BCUT2D eigenvalue weighted by molar-refractivity contribution is 0.242. The van der Waals surface area contributed by atoms with E-state index in [-0.39, 0.29) is 6.10 Å². The standard InChI is InChI=1S/C16H25NO/c1-12(2)18-16-10-8-15(9-11-16)17-13(3)14-6-4-5-7-14/h8-14,17H,4-7H2,1-3H3. The van der Waals surface area contributed by atoms with Crippen molar-refractivity contribution in [2.45, 2.75) is 58.6 Å². The fourth-order valence-corrected chi connectivity index (χ4v) is 2.74. The summed E-state index contributed by atoms with van der Waals surface area (Å²) in [6, 6.07) is 8.89. The number of nitrogens with one attached hydrogen (secondary N) is 1. The first-order valence-corrected chi connectivity index (χ1v) is 7.18. The average molecular weight is 247 g/mol. The van der Waals surface area contributed by atoms with Gasteiger partial charge in [-0.3, -0.25) is 0 Å². The summed E-state index contributed by atoms with van der Waals surface area (Å²) in [6.07, 6.45) is 5.79. The highest BCUT2D eigenvalue weighted by atomic mass is 16.5. The molecule has 0 aliphatic heterocycles. The summed E-state index contributed by atoms with van der Waals surface area (Å²) >= 11 is 0. The van der Waals surface area contributed by atoms with E-state index in [0.717, 1.165) is 11.7 Å². The highest BCUT2D eigenvalue weighted by Crippen LogP contribution is 2.29. The summed E-state index contributed by atoms with van der Waals surface area (Å²) in [7, 11) is 0. The van der Waals surface area contributed by atoms with Crippen molar-refractivity contribution in [3.8, 4) is 5.75 Å². The molecule has 0 radical (unpaired) electrons. The average Bonchev–Trinajstić information content (AvgIpc) is 2.84. The van der Waals surface area contributed by atoms with Crippen LogP contribution in [0.25, 0.3) is 0 Å². The van der Waals surface area contributed by atoms with Gasteiger partial charge in [0.2, 0.25) is 0 Å². The van der Waals surface area contributed by atoms with Crippen molar-refractivity contribution in [3.63, 3.8) is 0 Å². The van der Waals surface area contributed by atoms with Crippen LogP contribution in [0.1, 0.15) is 46.5 Å². The topological polar surface area (TPSA) is 21.3 Å². The summed E-state index contributed by atoms with van der Waals surface area (Å²) in [5, 5.41) is 3.61. The van der Waals surface area contributed by atoms with Crippen molar-refractivity contribution in [1.29, 1.82) is 0 Å². The molecular weight excluding hydrogens is 222 g/mol. The minimum Gasteiger partial charge on any atom is -0.491 e. The molecule has 0 spiro atoms. The van der Waals surface area contributed by atoms with Gasteiger partial charge < -0.3 is 10.1 Å². The molecule has 1 aromatic rings. The van der Waals surface area contributed by atoms with E-state index in [1.807, 2.05) is 26.0 Å². The van der Waals surface area contributed by atoms with Crippen molar-refractivity contribution in [2.75, 3.05) is 5.32 Å². The number of benzene rings is 1. The Bertz CT molecular complexity index is 352. The van der Waals surface area contributed by atoms with E-state index in [0.29, 0.717) is 6.04 Å². The third-order valence-corrected chi connectivity index (χ3v) is 3.73. The van der Waals surface area contributed by atoms with Crippen LogP contribution in [0.15, 0.2) is 24.3 Å². The van der Waals surface area contributed by atoms with Crippen LogP contribution in [0, 0.1) is 5.92 Å². The first kappa shape index (κ1) is 13.3. The minimum atomic E-state index is 0.237. The van der Waals surface area contributed by atoms with Crippen LogP contribution in [0.3, 0.4) is 0 Å². The quantitative estimate of drug-likeness (QED) is 0.829. The Hall–Kier alpha value is -1.18. The molecule has 1 fully saturated rings. The van der Waals surface area contributed by atoms with Gasteiger partial charge in [0.05, 0.1) is 6.10 Å². The molecule has 100 valence electrons. The van der Waals surface area contributed by atoms with Crippen LogP contribution in [0.4, 0.5) is 5.69 Å². The lowest BCUT2D eigenvalue weighted by Gasteiger charge is -2.21. The van der Waals surface area contributed by atoms with E-state index in [2.05, 4.69) is 24.4 Å². The van der Waals surface area contributed by atoms with E-state index in [9.17, 15) is 0 Å². The number of ether oxygens (including phenoxy) is 1. The zero-order valence-corrected chi connectivity index (χ0v) is 11.8. The second-order valence-corrected chi connectivity index (χ2v) is 5.67. The number of hydrogen-bond donors (Lipinski definition) is 1. The van der Waals surface area contributed by atoms with Crippen molar-refractivity contribution in [1.82, 2.24) is 0 Å². The summed E-state index contributed by atoms with van der Waals surface area (Å²) in [5.74, 6) is 1.79. The number of rotatable bonds is 5. The van der Waals surface area contributed by atoms with Crippen molar-refractivity contribution >= 4 is 5.69 Å². The maximum absolute atomic E-state index is 5.65. The van der Waals surface area contributed by atoms with E-state index < -0.39 is 0 Å². The fourth-order valence-electron chi connectivity index (χ4n) is 2.74. The van der Waals surface area contributed by atoms with Gasteiger partial charge in [-0.1, -0.05) is 12.8 Å². The molecule has 0 heterocycles. The Morgan fingerprint density at radius 2 is 1.67 bits per heavy atom. The highest BCUT2D eigenvalue weighted by molar-refractivity contribution is 5.47. The lowest BCUT2D eigenvalue weighted by atomic mass is 9.99. The molecule has 2 heteroatoms. The molecule has 2 nitrogen and oxygen atoms in total. The fraction of sp³-hybridized carbons (Fsp3) is 0.625. The molecule has 1 aromatic carbocycles. The zero-order chi connectivity index (χ0) is 13.0. The summed E-state index contributed by atoms with van der Waals surface area (Å²) in [5.41, 5.74) is 1.20. The lowest BCUT2D eigenvalue weighted by Crippen LogP contribution is -2.23. The SMILES string of the molecule is CC(C)Oc1ccc(NC(C)C2CCCC2)cc1. The molecule has 1 saturated carbocycles. The van der Waals surface area contributed by atoms with Crippen LogP contribution in [-0.2, 0) is 0 Å². The maximum atomic E-state index is 5.65. The minimum absolute atomic E-state index is 0.237. The summed E-state index contributed by atoms with van der Waals surface area (Å²) < 4.78 is 5.65. The predicted molar refractivity (Wildman–Crippen MR) is 77.2 cm³/mol. The normalized spacial score (nSPS) is 18.0. The third-order valence-electron chi connectivity index (χ3n) is 3.73. The summed E-state index contributed by atoms with van der Waals surface area (Å²) in [6.45, 7) is 6.40. The first-order chi connectivity index (χ1) is 8.65. The molecule has 0 amide bonds. The van der Waals surface area contributed by atoms with E-state index in [4.69, 9.17) is 4.74 Å². The number of anilines is 1. The smallest absolute Gasteiger partial charge is 0.119 e. The van der Waals surface area contributed by atoms with Gasteiger partial charge in [0, 0.05) is 11.7 Å². The van der Waals surface area contributed by atoms with Crippen molar-refractivity contribution in [2.24, 2.45) is 5.92 Å². The second-order valence-electron chi connectivity index (χ2n) is 5.67. The molecule has 1 unspecified atom stereocenters.